The molecule has 2 rings (SSSR count). The molecule has 1 aromatic heterocycles. The highest BCUT2D eigenvalue weighted by molar-refractivity contribution is 5.97. The summed E-state index contributed by atoms with van der Waals surface area (Å²) >= 11 is 0. The first-order chi connectivity index (χ1) is 7.13. The van der Waals surface area contributed by atoms with Crippen molar-refractivity contribution in [3.63, 3.8) is 0 Å². The third-order valence-corrected chi connectivity index (χ3v) is 2.45. The van der Waals surface area contributed by atoms with Gasteiger partial charge in [0.25, 0.3) is 0 Å². The molecule has 1 aromatic carbocycles. The monoisotopic (exact) mass is 204 g/mol. The minimum atomic E-state index is -0.412. The van der Waals surface area contributed by atoms with Gasteiger partial charge >= 0.3 is 5.91 Å². The summed E-state index contributed by atoms with van der Waals surface area (Å²) in [6, 6.07) is 5.67. The molecule has 0 bridgehead atoms. The summed E-state index contributed by atoms with van der Waals surface area (Å²) in [6.07, 6.45) is 0. The second kappa shape index (κ2) is 3.40. The molecule has 0 saturated heterocycles. The SMILES string of the molecule is Cc1ccc(C)c2oc(C(=O)NN)cc12. The number of fused-ring (bicyclic) bond motifs is 1. The fourth-order valence-corrected chi connectivity index (χ4v) is 1.58. The Bertz CT molecular complexity index is 490. The third-order valence-electron chi connectivity index (χ3n) is 2.45. The van der Waals surface area contributed by atoms with Gasteiger partial charge in [-0.2, -0.15) is 0 Å². The lowest BCUT2D eigenvalue weighted by molar-refractivity contribution is 0.0928. The number of hydrogen-bond donors (Lipinski definition) is 2. The predicted octanol–water partition coefficient (Wildman–Crippen LogP) is 1.65. The van der Waals surface area contributed by atoms with E-state index in [0.717, 1.165) is 22.1 Å². The van der Waals surface area contributed by atoms with Crippen molar-refractivity contribution in [2.75, 3.05) is 0 Å². The van der Waals surface area contributed by atoms with Crippen LogP contribution < -0.4 is 11.3 Å². The molecule has 1 heterocycles. The molecule has 0 aliphatic heterocycles. The summed E-state index contributed by atoms with van der Waals surface area (Å²) < 4.78 is 5.44. The number of aryl methyl sites for hydroxylation is 2. The van der Waals surface area contributed by atoms with Crippen molar-refractivity contribution < 1.29 is 9.21 Å². The molecular weight excluding hydrogens is 192 g/mol. The molecule has 0 radical (unpaired) electrons. The third kappa shape index (κ3) is 1.49. The molecule has 4 heteroatoms. The second-order valence-corrected chi connectivity index (χ2v) is 3.53. The number of hydrazine groups is 1. The summed E-state index contributed by atoms with van der Waals surface area (Å²) in [7, 11) is 0. The number of carbonyl (C=O) groups excluding carboxylic acids is 1. The smallest absolute Gasteiger partial charge is 0.300 e. The number of hydrogen-bond acceptors (Lipinski definition) is 3. The van der Waals surface area contributed by atoms with E-state index < -0.39 is 5.91 Å². The lowest BCUT2D eigenvalue weighted by Crippen LogP contribution is -2.29. The molecule has 0 aliphatic rings. The minimum absolute atomic E-state index is 0.241. The number of nitrogens with one attached hydrogen (secondary N) is 1. The van der Waals surface area contributed by atoms with Crippen LogP contribution in [0.25, 0.3) is 11.0 Å². The molecule has 4 nitrogen and oxygen atoms in total. The van der Waals surface area contributed by atoms with Crippen LogP contribution in [0.15, 0.2) is 22.6 Å². The standard InChI is InChI=1S/C11H12N2O2/c1-6-3-4-7(2)10-8(6)5-9(15-10)11(14)13-12/h3-5H,12H2,1-2H3,(H,13,14). The summed E-state index contributed by atoms with van der Waals surface area (Å²) in [6.45, 7) is 3.91. The van der Waals surface area contributed by atoms with E-state index in [1.54, 1.807) is 6.07 Å². The van der Waals surface area contributed by atoms with E-state index in [4.69, 9.17) is 10.3 Å². The molecule has 0 aliphatic carbocycles. The Labute approximate surface area is 87.0 Å². The van der Waals surface area contributed by atoms with Crippen LogP contribution in [0.4, 0.5) is 0 Å². The molecule has 2 aromatic rings. The van der Waals surface area contributed by atoms with Crippen molar-refractivity contribution in [3.8, 4) is 0 Å². The quantitative estimate of drug-likeness (QED) is 0.421. The molecule has 0 fully saturated rings. The van der Waals surface area contributed by atoms with Crippen molar-refractivity contribution in [1.29, 1.82) is 0 Å². The van der Waals surface area contributed by atoms with Crippen LogP contribution in [-0.2, 0) is 0 Å². The van der Waals surface area contributed by atoms with Gasteiger partial charge in [0.1, 0.15) is 5.58 Å². The lowest BCUT2D eigenvalue weighted by Gasteiger charge is -1.96. The number of nitrogen functional groups attached to an aromatic ring is 1. The Morgan fingerprint density at radius 1 is 1.33 bits per heavy atom. The zero-order chi connectivity index (χ0) is 11.0. The maximum atomic E-state index is 11.3. The normalized spacial score (nSPS) is 10.6. The van der Waals surface area contributed by atoms with Gasteiger partial charge in [0.15, 0.2) is 5.76 Å². The van der Waals surface area contributed by atoms with Gasteiger partial charge in [-0.05, 0) is 31.0 Å². The first kappa shape index (κ1) is 9.73. The highest BCUT2D eigenvalue weighted by Gasteiger charge is 2.13. The molecule has 0 unspecified atom stereocenters. The second-order valence-electron chi connectivity index (χ2n) is 3.53. The molecule has 15 heavy (non-hydrogen) atoms. The number of rotatable bonds is 1. The van der Waals surface area contributed by atoms with Crippen LogP contribution in [0, 0.1) is 13.8 Å². The van der Waals surface area contributed by atoms with Crippen LogP contribution in [0.1, 0.15) is 21.7 Å². The number of nitrogens with two attached hydrogens (primary N) is 1. The molecule has 0 saturated carbocycles. The van der Waals surface area contributed by atoms with Crippen LogP contribution in [-0.4, -0.2) is 5.91 Å². The summed E-state index contributed by atoms with van der Waals surface area (Å²) in [4.78, 5) is 11.3. The largest absolute Gasteiger partial charge is 0.451 e. The topological polar surface area (TPSA) is 68.3 Å². The van der Waals surface area contributed by atoms with Gasteiger partial charge in [-0.15, -0.1) is 0 Å². The Balaban J connectivity index is 2.70. The maximum absolute atomic E-state index is 11.3. The van der Waals surface area contributed by atoms with Gasteiger partial charge in [-0.1, -0.05) is 12.1 Å². The van der Waals surface area contributed by atoms with Gasteiger partial charge in [-0.3, -0.25) is 10.2 Å². The first-order valence-electron chi connectivity index (χ1n) is 4.64. The van der Waals surface area contributed by atoms with E-state index in [9.17, 15) is 4.79 Å². The Morgan fingerprint density at radius 2 is 2.00 bits per heavy atom. The van der Waals surface area contributed by atoms with Gasteiger partial charge in [0, 0.05) is 5.39 Å². The van der Waals surface area contributed by atoms with E-state index in [-0.39, 0.29) is 5.76 Å². The van der Waals surface area contributed by atoms with E-state index >= 15 is 0 Å². The van der Waals surface area contributed by atoms with Gasteiger partial charge < -0.3 is 4.42 Å². The highest BCUT2D eigenvalue weighted by atomic mass is 16.3. The molecule has 3 N–H and O–H groups in total. The van der Waals surface area contributed by atoms with Crippen molar-refractivity contribution >= 4 is 16.9 Å². The van der Waals surface area contributed by atoms with E-state index in [0.29, 0.717) is 0 Å². The molecule has 0 spiro atoms. The highest BCUT2D eigenvalue weighted by Crippen LogP contribution is 2.25. The Hall–Kier alpha value is -1.81. The van der Waals surface area contributed by atoms with Gasteiger partial charge in [0.05, 0.1) is 0 Å². The van der Waals surface area contributed by atoms with Crippen molar-refractivity contribution in [3.05, 3.63) is 35.1 Å². The number of furan rings is 1. The van der Waals surface area contributed by atoms with Crippen molar-refractivity contribution in [1.82, 2.24) is 5.43 Å². The van der Waals surface area contributed by atoms with Crippen LogP contribution >= 0.6 is 0 Å². The summed E-state index contributed by atoms with van der Waals surface area (Å²) in [5, 5.41) is 0.952. The number of carbonyl (C=O) groups is 1. The molecule has 0 atom stereocenters. The van der Waals surface area contributed by atoms with Gasteiger partial charge in [0.2, 0.25) is 0 Å². The fourth-order valence-electron chi connectivity index (χ4n) is 1.58. The average molecular weight is 204 g/mol. The Morgan fingerprint density at radius 3 is 2.60 bits per heavy atom. The van der Waals surface area contributed by atoms with Crippen molar-refractivity contribution in [2.24, 2.45) is 5.84 Å². The number of benzene rings is 1. The van der Waals surface area contributed by atoms with Crippen LogP contribution in [0.5, 0.6) is 0 Å². The fraction of sp³-hybridized carbons (Fsp3) is 0.182. The van der Waals surface area contributed by atoms with Crippen LogP contribution in [0.3, 0.4) is 0 Å². The maximum Gasteiger partial charge on any atom is 0.300 e. The Kier molecular flexibility index (Phi) is 2.21. The average Bonchev–Trinajstić information content (AvgIpc) is 2.68. The van der Waals surface area contributed by atoms with E-state index in [1.807, 2.05) is 31.4 Å². The van der Waals surface area contributed by atoms with Crippen LogP contribution in [0.2, 0.25) is 0 Å². The predicted molar refractivity (Wildman–Crippen MR) is 57.3 cm³/mol. The molecular formula is C11H12N2O2. The minimum Gasteiger partial charge on any atom is -0.451 e. The lowest BCUT2D eigenvalue weighted by atomic mass is 10.1. The zero-order valence-electron chi connectivity index (χ0n) is 8.63. The molecule has 1 amide bonds. The molecule has 78 valence electrons. The first-order valence-corrected chi connectivity index (χ1v) is 4.64. The van der Waals surface area contributed by atoms with E-state index in [2.05, 4.69) is 0 Å². The van der Waals surface area contributed by atoms with E-state index in [1.165, 1.54) is 0 Å². The summed E-state index contributed by atoms with van der Waals surface area (Å²) in [5.41, 5.74) is 4.88. The number of amides is 1. The van der Waals surface area contributed by atoms with Gasteiger partial charge in [-0.25, -0.2) is 5.84 Å². The summed E-state index contributed by atoms with van der Waals surface area (Å²) in [5.74, 6) is 4.87. The zero-order valence-corrected chi connectivity index (χ0v) is 8.63. The van der Waals surface area contributed by atoms with Crippen molar-refractivity contribution in [2.45, 2.75) is 13.8 Å².